The lowest BCUT2D eigenvalue weighted by Gasteiger charge is -2.49. The number of nitrogens with zero attached hydrogens (tertiary/aromatic N) is 2. The van der Waals surface area contributed by atoms with Crippen molar-refractivity contribution in [2.45, 2.75) is 69.5 Å². The van der Waals surface area contributed by atoms with Gasteiger partial charge in [0.15, 0.2) is 0 Å². The van der Waals surface area contributed by atoms with Crippen molar-refractivity contribution in [3.8, 4) is 0 Å². The summed E-state index contributed by atoms with van der Waals surface area (Å²) in [5, 5.41) is 3.46. The Labute approximate surface area is 122 Å². The standard InChI is InChI=1S/C16H29N3O/c1-17-13-11-14-5-4-6-15(12-13)19(14)10-7-16(20)18-8-2-3-9-18/h13-15,17H,2-12H2,1H3. The summed E-state index contributed by atoms with van der Waals surface area (Å²) in [5.41, 5.74) is 0. The van der Waals surface area contributed by atoms with Gasteiger partial charge in [0.1, 0.15) is 0 Å². The Morgan fingerprint density at radius 3 is 2.35 bits per heavy atom. The molecule has 0 radical (unpaired) electrons. The van der Waals surface area contributed by atoms with Gasteiger partial charge in [-0.1, -0.05) is 6.42 Å². The molecular weight excluding hydrogens is 250 g/mol. The van der Waals surface area contributed by atoms with E-state index in [0.717, 1.165) is 26.1 Å². The molecular formula is C16H29N3O. The molecule has 20 heavy (non-hydrogen) atoms. The van der Waals surface area contributed by atoms with Crippen molar-refractivity contribution in [2.24, 2.45) is 0 Å². The summed E-state index contributed by atoms with van der Waals surface area (Å²) in [6.07, 6.45) is 9.70. The van der Waals surface area contributed by atoms with Crippen LogP contribution in [0.25, 0.3) is 0 Å². The van der Waals surface area contributed by atoms with E-state index in [1.165, 1.54) is 44.9 Å². The minimum Gasteiger partial charge on any atom is -0.343 e. The molecule has 3 aliphatic rings. The zero-order valence-corrected chi connectivity index (χ0v) is 12.8. The predicted molar refractivity (Wildman–Crippen MR) is 80.6 cm³/mol. The van der Waals surface area contributed by atoms with Gasteiger partial charge in [0.2, 0.25) is 5.91 Å². The molecule has 0 aromatic heterocycles. The Kier molecular flexibility index (Phi) is 4.61. The lowest BCUT2D eigenvalue weighted by molar-refractivity contribution is -0.131. The van der Waals surface area contributed by atoms with E-state index in [-0.39, 0.29) is 0 Å². The van der Waals surface area contributed by atoms with Crippen LogP contribution in [-0.4, -0.2) is 60.5 Å². The van der Waals surface area contributed by atoms with Crippen molar-refractivity contribution in [3.05, 3.63) is 0 Å². The number of likely N-dealkylation sites (tertiary alicyclic amines) is 1. The zero-order chi connectivity index (χ0) is 13.9. The molecule has 1 N–H and O–H groups in total. The molecule has 3 aliphatic heterocycles. The largest absolute Gasteiger partial charge is 0.343 e. The molecule has 0 aromatic carbocycles. The number of hydrogen-bond donors (Lipinski definition) is 1. The number of rotatable bonds is 4. The first-order valence-electron chi connectivity index (χ1n) is 8.48. The third-order valence-corrected chi connectivity index (χ3v) is 5.58. The van der Waals surface area contributed by atoms with Crippen molar-refractivity contribution in [2.75, 3.05) is 26.7 Å². The van der Waals surface area contributed by atoms with E-state index in [9.17, 15) is 4.79 Å². The van der Waals surface area contributed by atoms with Crippen LogP contribution in [0.2, 0.25) is 0 Å². The summed E-state index contributed by atoms with van der Waals surface area (Å²) in [7, 11) is 2.09. The van der Waals surface area contributed by atoms with E-state index in [2.05, 4.69) is 22.2 Å². The molecule has 1 amide bonds. The average molecular weight is 279 g/mol. The highest BCUT2D eigenvalue weighted by molar-refractivity contribution is 5.76. The van der Waals surface area contributed by atoms with E-state index in [0.29, 0.717) is 24.0 Å². The molecule has 4 nitrogen and oxygen atoms in total. The minimum absolute atomic E-state index is 0.385. The average Bonchev–Trinajstić information content (AvgIpc) is 2.98. The van der Waals surface area contributed by atoms with Gasteiger partial charge in [-0.15, -0.1) is 0 Å². The van der Waals surface area contributed by atoms with Crippen LogP contribution >= 0.6 is 0 Å². The quantitative estimate of drug-likeness (QED) is 0.849. The Morgan fingerprint density at radius 2 is 1.75 bits per heavy atom. The summed E-state index contributed by atoms with van der Waals surface area (Å²) < 4.78 is 0. The topological polar surface area (TPSA) is 35.6 Å². The Balaban J connectivity index is 1.53. The second-order valence-corrected chi connectivity index (χ2v) is 6.77. The third kappa shape index (κ3) is 3.01. The molecule has 2 unspecified atom stereocenters. The molecule has 3 fully saturated rings. The second kappa shape index (κ2) is 6.44. The number of piperidine rings is 2. The maximum absolute atomic E-state index is 12.2. The molecule has 0 aliphatic carbocycles. The van der Waals surface area contributed by atoms with Crippen LogP contribution < -0.4 is 5.32 Å². The monoisotopic (exact) mass is 279 g/mol. The number of fused-ring (bicyclic) bond motifs is 2. The van der Waals surface area contributed by atoms with E-state index in [1.54, 1.807) is 0 Å². The highest BCUT2D eigenvalue weighted by Gasteiger charge is 2.37. The number of carbonyl (C=O) groups excluding carboxylic acids is 1. The van der Waals surface area contributed by atoms with Gasteiger partial charge in [-0.25, -0.2) is 0 Å². The summed E-state index contributed by atoms with van der Waals surface area (Å²) in [5.74, 6) is 0.385. The maximum Gasteiger partial charge on any atom is 0.223 e. The van der Waals surface area contributed by atoms with E-state index in [4.69, 9.17) is 0 Å². The van der Waals surface area contributed by atoms with Crippen molar-refractivity contribution in [3.63, 3.8) is 0 Å². The van der Waals surface area contributed by atoms with Crippen LogP contribution in [0.5, 0.6) is 0 Å². The van der Waals surface area contributed by atoms with E-state index in [1.807, 2.05) is 0 Å². The highest BCUT2D eigenvalue weighted by atomic mass is 16.2. The van der Waals surface area contributed by atoms with Gasteiger partial charge in [-0.05, 0) is 45.6 Å². The normalized spacial score (nSPS) is 34.5. The van der Waals surface area contributed by atoms with Crippen LogP contribution in [0.3, 0.4) is 0 Å². The lowest BCUT2D eigenvalue weighted by atomic mass is 9.81. The Morgan fingerprint density at radius 1 is 1.10 bits per heavy atom. The van der Waals surface area contributed by atoms with Gasteiger partial charge in [0.25, 0.3) is 0 Å². The molecule has 3 rings (SSSR count). The Bertz CT molecular complexity index is 327. The van der Waals surface area contributed by atoms with Crippen LogP contribution in [0, 0.1) is 0 Å². The SMILES string of the molecule is CNC1CC2CCCC(C1)N2CCC(=O)N1CCCC1. The fraction of sp³-hybridized carbons (Fsp3) is 0.938. The fourth-order valence-electron chi connectivity index (χ4n) is 4.43. The van der Waals surface area contributed by atoms with Crippen molar-refractivity contribution in [1.29, 1.82) is 0 Å². The molecule has 114 valence electrons. The van der Waals surface area contributed by atoms with E-state index >= 15 is 0 Å². The van der Waals surface area contributed by atoms with Gasteiger partial charge >= 0.3 is 0 Å². The smallest absolute Gasteiger partial charge is 0.223 e. The fourth-order valence-corrected chi connectivity index (χ4v) is 4.43. The summed E-state index contributed by atoms with van der Waals surface area (Å²) >= 11 is 0. The molecule has 3 heterocycles. The molecule has 0 aromatic rings. The van der Waals surface area contributed by atoms with Gasteiger partial charge in [-0.3, -0.25) is 9.69 Å². The summed E-state index contributed by atoms with van der Waals surface area (Å²) in [4.78, 5) is 16.9. The molecule has 2 atom stereocenters. The highest BCUT2D eigenvalue weighted by Crippen LogP contribution is 2.34. The number of nitrogens with one attached hydrogen (secondary N) is 1. The maximum atomic E-state index is 12.2. The van der Waals surface area contributed by atoms with Gasteiger partial charge < -0.3 is 10.2 Å². The molecule has 0 spiro atoms. The first-order chi connectivity index (χ1) is 9.78. The Hall–Kier alpha value is -0.610. The van der Waals surface area contributed by atoms with Crippen LogP contribution in [0.4, 0.5) is 0 Å². The second-order valence-electron chi connectivity index (χ2n) is 6.77. The van der Waals surface area contributed by atoms with Crippen LogP contribution in [0.15, 0.2) is 0 Å². The number of carbonyl (C=O) groups is 1. The van der Waals surface area contributed by atoms with Gasteiger partial charge in [-0.2, -0.15) is 0 Å². The van der Waals surface area contributed by atoms with Crippen molar-refractivity contribution >= 4 is 5.91 Å². The van der Waals surface area contributed by atoms with Gasteiger partial charge in [0, 0.05) is 44.2 Å². The lowest BCUT2D eigenvalue weighted by Crippen LogP contribution is -2.56. The van der Waals surface area contributed by atoms with Crippen molar-refractivity contribution < 1.29 is 4.79 Å². The zero-order valence-electron chi connectivity index (χ0n) is 12.8. The van der Waals surface area contributed by atoms with E-state index < -0.39 is 0 Å². The molecule has 4 heteroatoms. The molecule has 3 saturated heterocycles. The van der Waals surface area contributed by atoms with Crippen molar-refractivity contribution in [1.82, 2.24) is 15.1 Å². The predicted octanol–water partition coefficient (Wildman–Crippen LogP) is 1.60. The van der Waals surface area contributed by atoms with Crippen LogP contribution in [0.1, 0.15) is 51.4 Å². The van der Waals surface area contributed by atoms with Gasteiger partial charge in [0.05, 0.1) is 0 Å². The minimum atomic E-state index is 0.385. The summed E-state index contributed by atoms with van der Waals surface area (Å²) in [6.45, 7) is 2.97. The first kappa shape index (κ1) is 14.3. The first-order valence-corrected chi connectivity index (χ1v) is 8.48. The summed E-state index contributed by atoms with van der Waals surface area (Å²) in [6, 6.07) is 2.12. The number of hydrogen-bond acceptors (Lipinski definition) is 3. The number of amides is 1. The third-order valence-electron chi connectivity index (χ3n) is 5.58. The molecule has 0 saturated carbocycles. The van der Waals surface area contributed by atoms with Crippen LogP contribution in [-0.2, 0) is 4.79 Å². The molecule has 2 bridgehead atoms.